The fourth-order valence-electron chi connectivity index (χ4n) is 1.38. The van der Waals surface area contributed by atoms with Crippen molar-refractivity contribution in [3.8, 4) is 0 Å². The molecule has 9 heteroatoms. The molecule has 0 spiro atoms. The predicted molar refractivity (Wildman–Crippen MR) is 70.5 cm³/mol. The van der Waals surface area contributed by atoms with Gasteiger partial charge in [0.05, 0.1) is 13.2 Å². The Bertz CT molecular complexity index is 337. The molecule has 0 saturated heterocycles. The number of aliphatic hydroxyl groups is 1. The van der Waals surface area contributed by atoms with Crippen LogP contribution in [0, 0.1) is 0 Å². The maximum atomic E-state index is 11.5. The molecule has 8 N–H and O–H groups in total. The van der Waals surface area contributed by atoms with Crippen molar-refractivity contribution in [3.63, 3.8) is 0 Å². The number of unbranched alkanes of at least 4 members (excludes halogenated alkanes) is 1. The third kappa shape index (κ3) is 7.67. The summed E-state index contributed by atoms with van der Waals surface area (Å²) in [6, 6.07) is -2.12. The Labute approximate surface area is 116 Å². The summed E-state index contributed by atoms with van der Waals surface area (Å²) >= 11 is 0. The van der Waals surface area contributed by atoms with Crippen LogP contribution in [0.15, 0.2) is 0 Å². The highest BCUT2D eigenvalue weighted by Gasteiger charge is 2.20. The lowest BCUT2D eigenvalue weighted by Crippen LogP contribution is -2.49. The Kier molecular flexibility index (Phi) is 9.26. The van der Waals surface area contributed by atoms with Crippen LogP contribution in [0.3, 0.4) is 0 Å². The van der Waals surface area contributed by atoms with Gasteiger partial charge in [-0.05, 0) is 25.8 Å². The van der Waals surface area contributed by atoms with Gasteiger partial charge in [-0.15, -0.1) is 0 Å². The van der Waals surface area contributed by atoms with E-state index in [0.717, 1.165) is 0 Å². The molecule has 0 aromatic heterocycles. The van der Waals surface area contributed by atoms with Crippen LogP contribution in [0.2, 0.25) is 0 Å². The van der Waals surface area contributed by atoms with Crippen molar-refractivity contribution in [2.45, 2.75) is 31.3 Å². The lowest BCUT2D eigenvalue weighted by molar-refractivity contribution is -0.142. The van der Waals surface area contributed by atoms with Gasteiger partial charge in [-0.3, -0.25) is 9.59 Å². The normalized spacial score (nSPS) is 13.3. The van der Waals surface area contributed by atoms with Gasteiger partial charge in [0.25, 0.3) is 0 Å². The van der Waals surface area contributed by atoms with E-state index in [-0.39, 0.29) is 6.42 Å². The largest absolute Gasteiger partial charge is 0.480 e. The second-order valence-corrected chi connectivity index (χ2v) is 4.25. The molecule has 0 aromatic rings. The van der Waals surface area contributed by atoms with Crippen LogP contribution in [-0.2, 0) is 14.4 Å². The zero-order valence-electron chi connectivity index (χ0n) is 11.2. The third-order valence-electron chi connectivity index (χ3n) is 2.54. The van der Waals surface area contributed by atoms with Crippen molar-refractivity contribution in [2.24, 2.45) is 11.5 Å². The molecule has 116 valence electrons. The average Bonchev–Trinajstić information content (AvgIpc) is 2.42. The Morgan fingerprint density at radius 2 is 1.85 bits per heavy atom. The molecule has 0 fully saturated rings. The Hall–Kier alpha value is -1.71. The van der Waals surface area contributed by atoms with Crippen molar-refractivity contribution in [3.05, 3.63) is 0 Å². The molecule has 2 unspecified atom stereocenters. The number of rotatable bonds is 10. The Balaban J connectivity index is 4.13. The molecule has 2 atom stereocenters. The van der Waals surface area contributed by atoms with Crippen LogP contribution in [0.25, 0.3) is 0 Å². The van der Waals surface area contributed by atoms with E-state index in [9.17, 15) is 14.4 Å². The van der Waals surface area contributed by atoms with Crippen molar-refractivity contribution in [1.82, 2.24) is 10.6 Å². The van der Waals surface area contributed by atoms with E-state index in [1.165, 1.54) is 0 Å². The summed E-state index contributed by atoms with van der Waals surface area (Å²) in [7, 11) is 0. The summed E-state index contributed by atoms with van der Waals surface area (Å²) in [5.41, 5.74) is 10.5. The summed E-state index contributed by atoms with van der Waals surface area (Å²) < 4.78 is 0. The molecule has 20 heavy (non-hydrogen) atoms. The fourth-order valence-corrected chi connectivity index (χ4v) is 1.38. The highest BCUT2D eigenvalue weighted by atomic mass is 16.4. The van der Waals surface area contributed by atoms with E-state index < -0.39 is 43.0 Å². The van der Waals surface area contributed by atoms with Crippen LogP contribution < -0.4 is 22.1 Å². The van der Waals surface area contributed by atoms with Gasteiger partial charge in [-0.2, -0.15) is 0 Å². The average molecular weight is 290 g/mol. The molecule has 0 aliphatic rings. The number of aliphatic hydroxyl groups excluding tert-OH is 1. The molecule has 0 aromatic carbocycles. The van der Waals surface area contributed by atoms with Gasteiger partial charge in [0, 0.05) is 0 Å². The molecule has 0 aliphatic heterocycles. The van der Waals surface area contributed by atoms with Crippen molar-refractivity contribution in [1.29, 1.82) is 0 Å². The zero-order valence-corrected chi connectivity index (χ0v) is 11.2. The molecule has 0 rings (SSSR count). The number of hydrogen-bond donors (Lipinski definition) is 6. The van der Waals surface area contributed by atoms with Gasteiger partial charge in [0.1, 0.15) is 12.1 Å². The Morgan fingerprint density at radius 1 is 1.20 bits per heavy atom. The number of carboxylic acids is 1. The number of hydrogen-bond acceptors (Lipinski definition) is 6. The minimum absolute atomic E-state index is 0.266. The van der Waals surface area contributed by atoms with E-state index in [2.05, 4.69) is 10.6 Å². The lowest BCUT2D eigenvalue weighted by Gasteiger charge is -2.15. The smallest absolute Gasteiger partial charge is 0.326 e. The number of aliphatic carboxylic acids is 1. The molecule has 0 bridgehead atoms. The number of carbonyl (C=O) groups excluding carboxylic acids is 2. The predicted octanol–water partition coefficient (Wildman–Crippen LogP) is -2.88. The second-order valence-electron chi connectivity index (χ2n) is 4.25. The van der Waals surface area contributed by atoms with Crippen molar-refractivity contribution >= 4 is 17.8 Å². The van der Waals surface area contributed by atoms with Gasteiger partial charge < -0.3 is 32.3 Å². The topological polar surface area (TPSA) is 168 Å². The van der Waals surface area contributed by atoms with Gasteiger partial charge in [0.2, 0.25) is 11.8 Å². The number of amides is 2. The van der Waals surface area contributed by atoms with Crippen molar-refractivity contribution < 1.29 is 24.6 Å². The van der Waals surface area contributed by atoms with Crippen LogP contribution in [0.1, 0.15) is 19.3 Å². The first-order valence-electron chi connectivity index (χ1n) is 6.28. The maximum Gasteiger partial charge on any atom is 0.326 e. The summed E-state index contributed by atoms with van der Waals surface area (Å²) in [6.07, 6.45) is 1.51. The number of carboxylic acid groups (broad SMARTS) is 1. The zero-order chi connectivity index (χ0) is 15.5. The first-order chi connectivity index (χ1) is 9.42. The van der Waals surface area contributed by atoms with Crippen LogP contribution in [0.4, 0.5) is 0 Å². The third-order valence-corrected chi connectivity index (χ3v) is 2.54. The minimum atomic E-state index is -1.14. The van der Waals surface area contributed by atoms with Gasteiger partial charge in [-0.1, -0.05) is 0 Å². The molecule has 0 saturated carbocycles. The van der Waals surface area contributed by atoms with Gasteiger partial charge in [-0.25, -0.2) is 4.79 Å². The van der Waals surface area contributed by atoms with Crippen molar-refractivity contribution in [2.75, 3.05) is 19.7 Å². The molecule has 0 aliphatic carbocycles. The SMILES string of the molecule is NCCCCC(NC(=O)CNC(=O)C(N)CO)C(=O)O. The van der Waals surface area contributed by atoms with E-state index in [4.69, 9.17) is 21.7 Å². The summed E-state index contributed by atoms with van der Waals surface area (Å²) in [6.45, 7) is -0.479. The molecule has 2 amide bonds. The minimum Gasteiger partial charge on any atom is -0.480 e. The van der Waals surface area contributed by atoms with E-state index in [1.807, 2.05) is 0 Å². The monoisotopic (exact) mass is 290 g/mol. The molecular formula is C11H22N4O5. The molecule has 9 nitrogen and oxygen atoms in total. The van der Waals surface area contributed by atoms with Gasteiger partial charge in [0.15, 0.2) is 0 Å². The Morgan fingerprint density at radius 3 is 2.35 bits per heavy atom. The van der Waals surface area contributed by atoms with Crippen LogP contribution in [-0.4, -0.2) is 59.8 Å². The van der Waals surface area contributed by atoms with E-state index >= 15 is 0 Å². The van der Waals surface area contributed by atoms with Crippen LogP contribution in [0.5, 0.6) is 0 Å². The molecule has 0 heterocycles. The lowest BCUT2D eigenvalue weighted by atomic mass is 10.1. The highest BCUT2D eigenvalue weighted by molar-refractivity contribution is 5.89. The van der Waals surface area contributed by atoms with Gasteiger partial charge >= 0.3 is 5.97 Å². The van der Waals surface area contributed by atoms with E-state index in [1.54, 1.807) is 0 Å². The number of nitrogens with two attached hydrogens (primary N) is 2. The first-order valence-corrected chi connectivity index (χ1v) is 6.28. The number of carbonyl (C=O) groups is 3. The molecule has 0 radical (unpaired) electrons. The van der Waals surface area contributed by atoms with Crippen LogP contribution >= 0.6 is 0 Å². The summed E-state index contributed by atoms with van der Waals surface area (Å²) in [4.78, 5) is 33.6. The highest BCUT2D eigenvalue weighted by Crippen LogP contribution is 2.00. The number of nitrogens with one attached hydrogen (secondary N) is 2. The quantitative estimate of drug-likeness (QED) is 0.235. The fraction of sp³-hybridized carbons (Fsp3) is 0.727. The second kappa shape index (κ2) is 10.1. The summed E-state index contributed by atoms with van der Waals surface area (Å²) in [5.74, 6) is -2.46. The standard InChI is InChI=1S/C11H22N4O5/c12-4-2-1-3-8(11(19)20)15-9(17)5-14-10(18)7(13)6-16/h7-8,16H,1-6,12-13H2,(H,14,18)(H,15,17)(H,19,20). The maximum absolute atomic E-state index is 11.5. The van der Waals surface area contributed by atoms with E-state index in [0.29, 0.717) is 19.4 Å². The summed E-state index contributed by atoms with van der Waals surface area (Å²) in [5, 5.41) is 22.1. The molecular weight excluding hydrogens is 268 g/mol. The first kappa shape index (κ1) is 18.3.